The van der Waals surface area contributed by atoms with Gasteiger partial charge in [-0.15, -0.1) is 12.4 Å². The van der Waals surface area contributed by atoms with Gasteiger partial charge in [-0.05, 0) is 31.7 Å². The van der Waals surface area contributed by atoms with Gasteiger partial charge in [-0.1, -0.05) is 30.3 Å². The number of nitrogens with two attached hydrogens (primary N) is 1. The minimum absolute atomic E-state index is 0. The van der Waals surface area contributed by atoms with Gasteiger partial charge in [0, 0.05) is 33.4 Å². The van der Waals surface area contributed by atoms with E-state index in [1.165, 1.54) is 0 Å². The quantitative estimate of drug-likeness (QED) is 0.761. The summed E-state index contributed by atoms with van der Waals surface area (Å²) in [5.74, 6) is -0.0125. The lowest BCUT2D eigenvalue weighted by Crippen LogP contribution is -2.53. The van der Waals surface area contributed by atoms with Crippen LogP contribution in [0, 0.1) is 0 Å². The fourth-order valence-corrected chi connectivity index (χ4v) is 2.92. The number of carbonyl (C=O) groups excluding carboxylic acids is 1. The predicted octanol–water partition coefficient (Wildman–Crippen LogP) is 2.33. The Morgan fingerprint density at radius 1 is 1.25 bits per heavy atom. The van der Waals surface area contributed by atoms with E-state index in [0.29, 0.717) is 19.7 Å². The summed E-state index contributed by atoms with van der Waals surface area (Å²) in [4.78, 5) is 14.6. The van der Waals surface area contributed by atoms with Crippen LogP contribution in [0.2, 0.25) is 0 Å². The summed E-state index contributed by atoms with van der Waals surface area (Å²) in [7, 11) is 1.70. The third-order valence-corrected chi connectivity index (χ3v) is 4.39. The van der Waals surface area contributed by atoms with Gasteiger partial charge in [-0.2, -0.15) is 0 Å². The highest BCUT2D eigenvalue weighted by atomic mass is 35.5. The van der Waals surface area contributed by atoms with E-state index in [9.17, 15) is 4.79 Å². The van der Waals surface area contributed by atoms with Crippen molar-refractivity contribution >= 4 is 18.3 Å². The molecule has 0 aromatic heterocycles. The summed E-state index contributed by atoms with van der Waals surface area (Å²) >= 11 is 0. The van der Waals surface area contributed by atoms with Gasteiger partial charge in [0.2, 0.25) is 5.91 Å². The number of piperidine rings is 1. The zero-order valence-corrected chi connectivity index (χ0v) is 15.4. The summed E-state index contributed by atoms with van der Waals surface area (Å²) in [6.45, 7) is 4.63. The number of likely N-dealkylation sites (tertiary alicyclic amines) is 1. The normalized spacial score (nSPS) is 17.9. The zero-order valence-electron chi connectivity index (χ0n) is 14.6. The first-order valence-electron chi connectivity index (χ1n) is 8.30. The zero-order chi connectivity index (χ0) is 16.7. The molecule has 1 heterocycles. The molecule has 1 unspecified atom stereocenters. The number of hydrogen-bond acceptors (Lipinski definition) is 4. The lowest BCUT2D eigenvalue weighted by atomic mass is 9.90. The van der Waals surface area contributed by atoms with Gasteiger partial charge in [0.25, 0.3) is 0 Å². The molecule has 1 amide bonds. The molecule has 2 rings (SSSR count). The van der Waals surface area contributed by atoms with E-state index in [0.717, 1.165) is 31.4 Å². The fourth-order valence-electron chi connectivity index (χ4n) is 2.92. The Bertz CT molecular complexity index is 488. The Kier molecular flexibility index (Phi) is 8.70. The van der Waals surface area contributed by atoms with Crippen LogP contribution >= 0.6 is 12.4 Å². The van der Waals surface area contributed by atoms with E-state index in [1.54, 1.807) is 14.0 Å². The topological polar surface area (TPSA) is 64.8 Å². The van der Waals surface area contributed by atoms with Crippen molar-refractivity contribution < 1.29 is 14.3 Å². The molecule has 1 aliphatic heterocycles. The minimum atomic E-state index is -0.979. The van der Waals surface area contributed by atoms with E-state index in [4.69, 9.17) is 15.2 Å². The van der Waals surface area contributed by atoms with Crippen molar-refractivity contribution in [3.8, 4) is 0 Å². The Labute approximate surface area is 150 Å². The van der Waals surface area contributed by atoms with Crippen LogP contribution in [-0.2, 0) is 19.8 Å². The van der Waals surface area contributed by atoms with Gasteiger partial charge in [0.1, 0.15) is 5.54 Å². The first-order valence-corrected chi connectivity index (χ1v) is 8.30. The maximum absolute atomic E-state index is 12.8. The molecule has 24 heavy (non-hydrogen) atoms. The van der Waals surface area contributed by atoms with Crippen LogP contribution < -0.4 is 5.73 Å². The molecule has 0 radical (unpaired) electrons. The van der Waals surface area contributed by atoms with Crippen molar-refractivity contribution in [2.24, 2.45) is 5.73 Å². The SMILES string of the molecule is COCCCOC1CCN(C(=O)C(C)(N)c2ccccc2)CC1.Cl. The molecule has 1 aliphatic rings. The molecule has 1 saturated heterocycles. The summed E-state index contributed by atoms with van der Waals surface area (Å²) in [5, 5.41) is 0. The first kappa shape index (κ1) is 20.9. The number of nitrogens with zero attached hydrogens (tertiary/aromatic N) is 1. The summed E-state index contributed by atoms with van der Waals surface area (Å²) in [6, 6.07) is 9.56. The maximum Gasteiger partial charge on any atom is 0.246 e. The highest BCUT2D eigenvalue weighted by molar-refractivity contribution is 5.87. The fraction of sp³-hybridized carbons (Fsp3) is 0.611. The monoisotopic (exact) mass is 356 g/mol. The second kappa shape index (κ2) is 9.99. The number of benzene rings is 1. The molecule has 1 fully saturated rings. The predicted molar refractivity (Wildman–Crippen MR) is 97.3 cm³/mol. The van der Waals surface area contributed by atoms with Crippen LogP contribution in [0.15, 0.2) is 30.3 Å². The van der Waals surface area contributed by atoms with Crippen molar-refractivity contribution in [3.05, 3.63) is 35.9 Å². The van der Waals surface area contributed by atoms with Crippen LogP contribution in [0.5, 0.6) is 0 Å². The van der Waals surface area contributed by atoms with E-state index >= 15 is 0 Å². The molecule has 2 N–H and O–H groups in total. The Morgan fingerprint density at radius 3 is 2.46 bits per heavy atom. The summed E-state index contributed by atoms with van der Waals surface area (Å²) in [6.07, 6.45) is 2.87. The highest BCUT2D eigenvalue weighted by Crippen LogP contribution is 2.23. The second-order valence-electron chi connectivity index (χ2n) is 6.28. The van der Waals surface area contributed by atoms with Crippen LogP contribution in [-0.4, -0.2) is 50.3 Å². The molecular formula is C18H29ClN2O3. The molecule has 1 atom stereocenters. The molecule has 0 spiro atoms. The third kappa shape index (κ3) is 5.45. The number of methoxy groups -OCH3 is 1. The van der Waals surface area contributed by atoms with Crippen molar-refractivity contribution in [1.82, 2.24) is 4.90 Å². The average Bonchev–Trinajstić information content (AvgIpc) is 2.59. The van der Waals surface area contributed by atoms with Gasteiger partial charge < -0.3 is 20.1 Å². The maximum atomic E-state index is 12.8. The molecule has 6 heteroatoms. The van der Waals surface area contributed by atoms with Gasteiger partial charge in [0.15, 0.2) is 0 Å². The van der Waals surface area contributed by atoms with Crippen LogP contribution in [0.25, 0.3) is 0 Å². The summed E-state index contributed by atoms with van der Waals surface area (Å²) in [5.41, 5.74) is 6.20. The molecular weight excluding hydrogens is 328 g/mol. The average molecular weight is 357 g/mol. The van der Waals surface area contributed by atoms with Gasteiger partial charge in [-0.3, -0.25) is 4.79 Å². The van der Waals surface area contributed by atoms with Gasteiger partial charge in [-0.25, -0.2) is 0 Å². The molecule has 1 aromatic rings. The first-order chi connectivity index (χ1) is 11.1. The third-order valence-electron chi connectivity index (χ3n) is 4.39. The lowest BCUT2D eigenvalue weighted by Gasteiger charge is -2.37. The molecule has 1 aromatic carbocycles. The minimum Gasteiger partial charge on any atom is -0.385 e. The van der Waals surface area contributed by atoms with Gasteiger partial charge in [0.05, 0.1) is 6.10 Å². The summed E-state index contributed by atoms with van der Waals surface area (Å²) < 4.78 is 10.8. The van der Waals surface area contributed by atoms with Crippen molar-refractivity contribution in [2.75, 3.05) is 33.4 Å². The van der Waals surface area contributed by atoms with Crippen LogP contribution in [0.4, 0.5) is 0 Å². The van der Waals surface area contributed by atoms with E-state index in [-0.39, 0.29) is 24.4 Å². The Morgan fingerprint density at radius 2 is 1.88 bits per heavy atom. The molecule has 136 valence electrons. The molecule has 0 bridgehead atoms. The van der Waals surface area contributed by atoms with Crippen molar-refractivity contribution in [2.45, 2.75) is 37.8 Å². The molecule has 0 saturated carbocycles. The number of amides is 1. The largest absolute Gasteiger partial charge is 0.385 e. The molecule has 0 aliphatic carbocycles. The smallest absolute Gasteiger partial charge is 0.246 e. The van der Waals surface area contributed by atoms with Crippen molar-refractivity contribution in [1.29, 1.82) is 0 Å². The highest BCUT2D eigenvalue weighted by Gasteiger charge is 2.36. The standard InChI is InChI=1S/C18H28N2O3.ClH/c1-18(19,15-7-4-3-5-8-15)17(21)20-11-9-16(10-12-20)23-14-6-13-22-2;/h3-5,7-8,16H,6,9-14,19H2,1-2H3;1H. The number of rotatable bonds is 7. The number of hydrogen-bond donors (Lipinski definition) is 1. The van der Waals surface area contributed by atoms with Crippen LogP contribution in [0.3, 0.4) is 0 Å². The second-order valence-corrected chi connectivity index (χ2v) is 6.28. The Hall–Kier alpha value is -1.14. The number of carbonyl (C=O) groups is 1. The van der Waals surface area contributed by atoms with Crippen molar-refractivity contribution in [3.63, 3.8) is 0 Å². The van der Waals surface area contributed by atoms with E-state index < -0.39 is 5.54 Å². The van der Waals surface area contributed by atoms with Gasteiger partial charge >= 0.3 is 0 Å². The van der Waals surface area contributed by atoms with Crippen LogP contribution in [0.1, 0.15) is 31.7 Å². The van der Waals surface area contributed by atoms with E-state index in [1.807, 2.05) is 35.2 Å². The number of ether oxygens (including phenoxy) is 2. The lowest BCUT2D eigenvalue weighted by molar-refractivity contribution is -0.139. The van der Waals surface area contributed by atoms with E-state index in [2.05, 4.69) is 0 Å². The number of halogens is 1. The Balaban J connectivity index is 0.00000288. The molecule has 5 nitrogen and oxygen atoms in total.